The maximum atomic E-state index is 12.9. The molecule has 5 fully saturated rings. The van der Waals surface area contributed by atoms with Crippen LogP contribution >= 0.6 is 0 Å². The van der Waals surface area contributed by atoms with E-state index < -0.39 is 0 Å². The van der Waals surface area contributed by atoms with Gasteiger partial charge in [-0.15, -0.1) is 0 Å². The molecule has 6 rings (SSSR count). The zero-order chi connectivity index (χ0) is 39.5. The molecule has 1 saturated heterocycles. The average Bonchev–Trinajstić information content (AvgIpc) is 3.79. The SMILES string of the molecule is C=CC(=O)N1CCN(c2ccc(CCC(=O)NCCCCNC(=O)CC[C@@H](C)[C@H]3CC[C@H]4[C@@H]5[C@H](O)C(CC)C6C[C@H](O)CC[C@]6(C)[C@H]5CC[C@]34C)o2)C(=O)C1. The largest absolute Gasteiger partial charge is 0.445 e. The van der Waals surface area contributed by atoms with Gasteiger partial charge in [0.25, 0.3) is 0 Å². The van der Waals surface area contributed by atoms with Crippen LogP contribution in [0, 0.1) is 52.3 Å². The van der Waals surface area contributed by atoms with Crippen LogP contribution in [0.15, 0.2) is 29.2 Å². The summed E-state index contributed by atoms with van der Waals surface area (Å²) >= 11 is 0. The molecule has 4 saturated carbocycles. The summed E-state index contributed by atoms with van der Waals surface area (Å²) in [5.74, 6) is 3.69. The van der Waals surface area contributed by atoms with E-state index in [1.54, 1.807) is 12.1 Å². The first-order valence-corrected chi connectivity index (χ1v) is 21.5. The zero-order valence-corrected chi connectivity index (χ0v) is 33.9. The summed E-state index contributed by atoms with van der Waals surface area (Å²) in [5.41, 5.74) is 0.410. The van der Waals surface area contributed by atoms with Gasteiger partial charge in [-0.25, -0.2) is 0 Å². The Hall–Kier alpha value is -3.18. The summed E-state index contributed by atoms with van der Waals surface area (Å²) in [6, 6.07) is 3.50. The number of rotatable bonds is 15. The van der Waals surface area contributed by atoms with Crippen molar-refractivity contribution < 1.29 is 33.8 Å². The lowest BCUT2D eigenvalue weighted by Crippen LogP contribution is -2.62. The Morgan fingerprint density at radius 2 is 1.65 bits per heavy atom. The van der Waals surface area contributed by atoms with Gasteiger partial charge in [-0.2, -0.15) is 0 Å². The van der Waals surface area contributed by atoms with Crippen molar-refractivity contribution in [2.75, 3.05) is 37.6 Å². The monoisotopic (exact) mass is 765 g/mol. The van der Waals surface area contributed by atoms with Crippen molar-refractivity contribution >= 4 is 29.5 Å². The van der Waals surface area contributed by atoms with Crippen molar-refractivity contribution in [3.63, 3.8) is 0 Å². The van der Waals surface area contributed by atoms with E-state index in [0.717, 1.165) is 44.9 Å². The fraction of sp³-hybridized carbons (Fsp3) is 0.773. The summed E-state index contributed by atoms with van der Waals surface area (Å²) in [6.07, 6.45) is 12.9. The molecule has 11 nitrogen and oxygen atoms in total. The number of nitrogens with zero attached hydrogens (tertiary/aromatic N) is 2. The number of hydrogen-bond acceptors (Lipinski definition) is 7. The Bertz CT molecular complexity index is 1550. The molecule has 2 heterocycles. The van der Waals surface area contributed by atoms with Gasteiger partial charge in [0.15, 0.2) is 0 Å². The molecule has 4 aliphatic carbocycles. The molecule has 0 aromatic carbocycles. The molecule has 4 N–H and O–H groups in total. The topological polar surface area (TPSA) is 152 Å². The van der Waals surface area contributed by atoms with Crippen LogP contribution in [0.2, 0.25) is 0 Å². The van der Waals surface area contributed by atoms with Crippen LogP contribution in [0.4, 0.5) is 5.88 Å². The van der Waals surface area contributed by atoms with Crippen LogP contribution in [0.1, 0.15) is 117 Å². The quantitative estimate of drug-likeness (QED) is 0.134. The third-order valence-corrected chi connectivity index (χ3v) is 15.4. The Balaban J connectivity index is 0.864. The van der Waals surface area contributed by atoms with Crippen molar-refractivity contribution in [2.45, 2.75) is 130 Å². The summed E-state index contributed by atoms with van der Waals surface area (Å²) in [4.78, 5) is 52.7. The number of fused-ring (bicyclic) bond motifs is 5. The number of aryl methyl sites for hydroxylation is 1. The van der Waals surface area contributed by atoms with Crippen LogP contribution in [0.5, 0.6) is 0 Å². The van der Waals surface area contributed by atoms with E-state index in [-0.39, 0.29) is 65.6 Å². The molecule has 4 amide bonds. The van der Waals surface area contributed by atoms with Gasteiger partial charge < -0.3 is 30.2 Å². The zero-order valence-electron chi connectivity index (χ0n) is 33.9. The summed E-state index contributed by atoms with van der Waals surface area (Å²) in [5, 5.41) is 28.6. The number of furan rings is 1. The first-order chi connectivity index (χ1) is 26.3. The fourth-order valence-corrected chi connectivity index (χ4v) is 12.5. The molecular weight excluding hydrogens is 697 g/mol. The van der Waals surface area contributed by atoms with E-state index in [4.69, 9.17) is 4.42 Å². The molecule has 5 aliphatic rings. The van der Waals surface area contributed by atoms with Crippen LogP contribution in [0.25, 0.3) is 0 Å². The third-order valence-electron chi connectivity index (χ3n) is 15.4. The van der Waals surface area contributed by atoms with E-state index in [1.807, 2.05) is 0 Å². The number of aliphatic hydroxyl groups excluding tert-OH is 2. The molecule has 0 spiro atoms. The van der Waals surface area contributed by atoms with Gasteiger partial charge in [0.1, 0.15) is 12.3 Å². The van der Waals surface area contributed by atoms with Crippen molar-refractivity contribution in [1.29, 1.82) is 0 Å². The van der Waals surface area contributed by atoms with Gasteiger partial charge >= 0.3 is 0 Å². The van der Waals surface area contributed by atoms with E-state index in [2.05, 4.69) is 44.9 Å². The number of amides is 4. The normalized spacial score (nSPS) is 35.0. The van der Waals surface area contributed by atoms with Crippen molar-refractivity contribution in [1.82, 2.24) is 15.5 Å². The molecule has 1 aromatic rings. The summed E-state index contributed by atoms with van der Waals surface area (Å²) in [6.45, 7) is 14.9. The van der Waals surface area contributed by atoms with Crippen LogP contribution in [-0.4, -0.2) is 83.7 Å². The number of hydrogen-bond donors (Lipinski definition) is 4. The minimum absolute atomic E-state index is 0.0194. The molecule has 0 radical (unpaired) electrons. The average molecular weight is 765 g/mol. The summed E-state index contributed by atoms with van der Waals surface area (Å²) < 4.78 is 5.84. The predicted octanol–water partition coefficient (Wildman–Crippen LogP) is 5.63. The first kappa shape index (κ1) is 41.5. The highest BCUT2D eigenvalue weighted by atomic mass is 16.4. The van der Waals surface area contributed by atoms with Gasteiger partial charge in [-0.3, -0.25) is 24.1 Å². The third kappa shape index (κ3) is 8.58. The van der Waals surface area contributed by atoms with Gasteiger partial charge in [0.05, 0.1) is 12.2 Å². The maximum Gasteiger partial charge on any atom is 0.248 e. The standard InChI is InChI=1S/C44H68N4O7/c1-6-31-35-26-29(49)18-20-44(35,5)34-19-21-43(4)32(13-14-33(43)41(34)42(31)54)28(3)10-15-36(50)45-22-8-9-23-46-37(51)16-11-30-12-17-40(55-30)48-25-24-47(27-39(48)53)38(52)7-2/h7,12,17,28-29,31-35,41-42,49,54H,2,6,8-11,13-16,18-27H2,1,3-5H3,(H,45,50)(H,46,51)/t28-,29-,31?,32-,33+,34+,35?,41+,42-,43-,44-/m1/s1. The highest BCUT2D eigenvalue weighted by molar-refractivity contribution is 5.98. The minimum atomic E-state index is -0.281. The van der Waals surface area contributed by atoms with E-state index in [1.165, 1.54) is 41.6 Å². The molecule has 55 heavy (non-hydrogen) atoms. The second-order valence-electron chi connectivity index (χ2n) is 18.3. The second kappa shape index (κ2) is 17.5. The Labute approximate surface area is 328 Å². The van der Waals surface area contributed by atoms with Crippen molar-refractivity contribution in [3.05, 3.63) is 30.5 Å². The lowest BCUT2D eigenvalue weighted by atomic mass is 9.41. The molecule has 2 unspecified atom stereocenters. The number of carbonyl (C=O) groups is 4. The first-order valence-electron chi connectivity index (χ1n) is 21.5. The number of anilines is 1. The summed E-state index contributed by atoms with van der Waals surface area (Å²) in [7, 11) is 0. The van der Waals surface area contributed by atoms with Crippen LogP contribution in [-0.2, 0) is 25.6 Å². The molecule has 1 aromatic heterocycles. The lowest BCUT2D eigenvalue weighted by molar-refractivity contribution is -0.203. The van der Waals surface area contributed by atoms with Crippen molar-refractivity contribution in [3.8, 4) is 0 Å². The number of carbonyl (C=O) groups excluding carboxylic acids is 4. The molecule has 306 valence electrons. The molecule has 11 heteroatoms. The van der Waals surface area contributed by atoms with E-state index in [0.29, 0.717) is 86.2 Å². The van der Waals surface area contributed by atoms with Gasteiger partial charge in [-0.1, -0.05) is 40.7 Å². The van der Waals surface area contributed by atoms with E-state index >= 15 is 0 Å². The fourth-order valence-electron chi connectivity index (χ4n) is 12.5. The lowest BCUT2D eigenvalue weighted by Gasteiger charge is -2.64. The van der Waals surface area contributed by atoms with Gasteiger partial charge in [-0.05, 0) is 129 Å². The molecular formula is C44H68N4O7. The number of aliphatic hydroxyl groups is 2. The smallest absolute Gasteiger partial charge is 0.248 e. The number of nitrogens with one attached hydrogen (secondary N) is 2. The van der Waals surface area contributed by atoms with Crippen molar-refractivity contribution in [2.24, 2.45) is 52.3 Å². The van der Waals surface area contributed by atoms with Crippen LogP contribution < -0.4 is 15.5 Å². The Morgan fingerprint density at radius 1 is 0.964 bits per heavy atom. The van der Waals surface area contributed by atoms with Gasteiger partial charge in [0.2, 0.25) is 29.5 Å². The molecule has 0 bridgehead atoms. The van der Waals surface area contributed by atoms with E-state index in [9.17, 15) is 29.4 Å². The number of piperazine rings is 1. The minimum Gasteiger partial charge on any atom is -0.445 e. The highest BCUT2D eigenvalue weighted by Crippen LogP contribution is 2.69. The van der Waals surface area contributed by atoms with Gasteiger partial charge in [0, 0.05) is 51.5 Å². The Kier molecular flexibility index (Phi) is 13.2. The Morgan fingerprint density at radius 3 is 2.35 bits per heavy atom. The van der Waals surface area contributed by atoms with Crippen LogP contribution in [0.3, 0.4) is 0 Å². The molecule has 1 aliphatic heterocycles. The maximum absolute atomic E-state index is 12.9. The predicted molar refractivity (Wildman–Crippen MR) is 212 cm³/mol. The highest BCUT2D eigenvalue weighted by Gasteiger charge is 2.64. The number of unbranched alkanes of at least 4 members (excludes halogenated alkanes) is 1. The second-order valence-corrected chi connectivity index (χ2v) is 18.3. The molecule has 11 atom stereocenters.